The highest BCUT2D eigenvalue weighted by Gasteiger charge is 2.39. The lowest BCUT2D eigenvalue weighted by Gasteiger charge is -2.34. The minimum atomic E-state index is -0.605. The van der Waals surface area contributed by atoms with E-state index >= 15 is 0 Å². The first-order chi connectivity index (χ1) is 15.9. The molecule has 1 N–H and O–H groups in total. The number of allylic oxidation sites excluding steroid dienone is 3. The van der Waals surface area contributed by atoms with Gasteiger partial charge in [0.15, 0.2) is 17.3 Å². The van der Waals surface area contributed by atoms with E-state index in [0.717, 1.165) is 31.4 Å². The van der Waals surface area contributed by atoms with Crippen LogP contribution in [0.15, 0.2) is 40.7 Å². The molecule has 3 aliphatic rings. The predicted molar refractivity (Wildman–Crippen MR) is 119 cm³/mol. The molecule has 2 aliphatic heterocycles. The summed E-state index contributed by atoms with van der Waals surface area (Å²) in [5.41, 5.74) is 3.17. The van der Waals surface area contributed by atoms with Gasteiger partial charge in [0.25, 0.3) is 0 Å². The van der Waals surface area contributed by atoms with Crippen molar-refractivity contribution in [2.75, 3.05) is 20.3 Å². The Morgan fingerprint density at radius 2 is 2.00 bits per heavy atom. The molecule has 1 aromatic rings. The molecule has 0 saturated carbocycles. The Kier molecular flexibility index (Phi) is 6.83. The van der Waals surface area contributed by atoms with Gasteiger partial charge in [0, 0.05) is 42.8 Å². The molecule has 0 amide bonds. The largest absolute Gasteiger partial charge is 0.493 e. The van der Waals surface area contributed by atoms with Gasteiger partial charge in [-0.2, -0.15) is 0 Å². The fourth-order valence-electron chi connectivity index (χ4n) is 4.71. The first-order valence-corrected chi connectivity index (χ1v) is 11.3. The Morgan fingerprint density at radius 3 is 2.70 bits per heavy atom. The van der Waals surface area contributed by atoms with Gasteiger partial charge in [-0.1, -0.05) is 6.07 Å². The van der Waals surface area contributed by atoms with Crippen LogP contribution >= 0.6 is 0 Å². The molecule has 0 radical (unpaired) electrons. The van der Waals surface area contributed by atoms with Gasteiger partial charge in [0.1, 0.15) is 6.61 Å². The summed E-state index contributed by atoms with van der Waals surface area (Å²) in [6, 6.07) is 5.08. The highest BCUT2D eigenvalue weighted by molar-refractivity contribution is 6.03. The molecular weight excluding hydrogens is 426 g/mol. The van der Waals surface area contributed by atoms with E-state index in [2.05, 4.69) is 5.32 Å². The molecule has 0 spiro atoms. The van der Waals surface area contributed by atoms with Crippen LogP contribution in [0.5, 0.6) is 11.5 Å². The van der Waals surface area contributed by atoms with Crippen molar-refractivity contribution in [3.8, 4) is 11.5 Å². The van der Waals surface area contributed by atoms with Gasteiger partial charge in [0.05, 0.1) is 18.8 Å². The number of rotatable bonds is 6. The molecule has 8 nitrogen and oxygen atoms in total. The van der Waals surface area contributed by atoms with Crippen LogP contribution in [0, 0.1) is 0 Å². The van der Waals surface area contributed by atoms with E-state index in [1.54, 1.807) is 18.2 Å². The van der Waals surface area contributed by atoms with Gasteiger partial charge in [0.2, 0.25) is 0 Å². The molecule has 1 aromatic carbocycles. The van der Waals surface area contributed by atoms with E-state index in [1.807, 2.05) is 6.92 Å². The third-order valence-electron chi connectivity index (χ3n) is 6.19. The molecule has 2 heterocycles. The van der Waals surface area contributed by atoms with Crippen molar-refractivity contribution in [2.24, 2.45) is 0 Å². The highest BCUT2D eigenvalue weighted by Crippen LogP contribution is 2.44. The molecule has 8 heteroatoms. The van der Waals surface area contributed by atoms with Crippen molar-refractivity contribution in [3.05, 3.63) is 46.3 Å². The quantitative estimate of drug-likeness (QED) is 0.515. The summed E-state index contributed by atoms with van der Waals surface area (Å²) in [7, 11) is 1.48. The number of dihydropyridines is 1. The van der Waals surface area contributed by atoms with E-state index in [-0.39, 0.29) is 24.2 Å². The van der Waals surface area contributed by atoms with Crippen molar-refractivity contribution < 1.29 is 33.3 Å². The summed E-state index contributed by atoms with van der Waals surface area (Å²) in [4.78, 5) is 37.8. The van der Waals surface area contributed by atoms with E-state index in [9.17, 15) is 14.4 Å². The molecular formula is C25H29NO7. The van der Waals surface area contributed by atoms with Crippen LogP contribution in [0.4, 0.5) is 0 Å². The number of hydrogen-bond acceptors (Lipinski definition) is 8. The minimum Gasteiger partial charge on any atom is -0.493 e. The van der Waals surface area contributed by atoms with Crippen LogP contribution in [0.25, 0.3) is 0 Å². The topological polar surface area (TPSA) is 100 Å². The summed E-state index contributed by atoms with van der Waals surface area (Å²) in [5, 5.41) is 3.28. The fourth-order valence-corrected chi connectivity index (χ4v) is 4.71. The van der Waals surface area contributed by atoms with Gasteiger partial charge in [-0.3, -0.25) is 9.59 Å². The molecule has 1 fully saturated rings. The van der Waals surface area contributed by atoms with Gasteiger partial charge in [-0.05, 0) is 50.3 Å². The van der Waals surface area contributed by atoms with Crippen LogP contribution in [-0.4, -0.2) is 44.1 Å². The van der Waals surface area contributed by atoms with E-state index in [0.29, 0.717) is 41.2 Å². The number of carbonyl (C=O) groups excluding carboxylic acids is 3. The van der Waals surface area contributed by atoms with E-state index < -0.39 is 17.9 Å². The first-order valence-electron chi connectivity index (χ1n) is 11.3. The molecule has 0 aromatic heterocycles. The zero-order chi connectivity index (χ0) is 23.5. The lowest BCUT2D eigenvalue weighted by atomic mass is 9.75. The summed E-state index contributed by atoms with van der Waals surface area (Å²) in [5.74, 6) is -0.926. The van der Waals surface area contributed by atoms with Gasteiger partial charge >= 0.3 is 11.9 Å². The number of ketones is 1. The number of ether oxygens (including phenoxy) is 4. The third-order valence-corrected chi connectivity index (χ3v) is 6.19. The maximum absolute atomic E-state index is 13.3. The van der Waals surface area contributed by atoms with Crippen LogP contribution < -0.4 is 14.8 Å². The van der Waals surface area contributed by atoms with Crippen molar-refractivity contribution in [2.45, 2.75) is 58.0 Å². The van der Waals surface area contributed by atoms with Crippen LogP contribution in [-0.2, 0) is 23.9 Å². The van der Waals surface area contributed by atoms with Crippen molar-refractivity contribution in [1.29, 1.82) is 0 Å². The Bertz CT molecular complexity index is 1030. The van der Waals surface area contributed by atoms with Crippen LogP contribution in [0.2, 0.25) is 0 Å². The molecule has 33 heavy (non-hydrogen) atoms. The van der Waals surface area contributed by atoms with E-state index in [4.69, 9.17) is 18.9 Å². The summed E-state index contributed by atoms with van der Waals surface area (Å²) in [6.07, 6.45) is 3.63. The Morgan fingerprint density at radius 1 is 1.18 bits per heavy atom. The van der Waals surface area contributed by atoms with Gasteiger partial charge in [-0.15, -0.1) is 0 Å². The number of carbonyl (C=O) groups is 3. The molecule has 1 aliphatic carbocycles. The van der Waals surface area contributed by atoms with Crippen LogP contribution in [0.3, 0.4) is 0 Å². The van der Waals surface area contributed by atoms with E-state index in [1.165, 1.54) is 14.0 Å². The molecule has 4 rings (SSSR count). The third kappa shape index (κ3) is 4.80. The molecule has 1 saturated heterocycles. The Balaban J connectivity index is 1.73. The summed E-state index contributed by atoms with van der Waals surface area (Å²) < 4.78 is 21.9. The number of esters is 2. The maximum atomic E-state index is 13.3. The van der Waals surface area contributed by atoms with Crippen LogP contribution in [0.1, 0.15) is 57.4 Å². The monoisotopic (exact) mass is 455 g/mol. The second-order valence-corrected chi connectivity index (χ2v) is 8.50. The standard InChI is InChI=1S/C25H29NO7/c1-14-22(25(29)32-13-17-6-5-11-31-17)23(24-18(26-14)7-4-8-19(24)28)16-9-10-20(33-15(2)27)21(12-16)30-3/h9-10,12,17,23,26H,4-8,11,13H2,1-3H3/t17-,23-/m0/s1. The first kappa shape index (κ1) is 23.0. The Labute approximate surface area is 192 Å². The lowest BCUT2D eigenvalue weighted by Crippen LogP contribution is -2.35. The molecule has 176 valence electrons. The smallest absolute Gasteiger partial charge is 0.336 e. The predicted octanol–water partition coefficient (Wildman–Crippen LogP) is 3.31. The van der Waals surface area contributed by atoms with Gasteiger partial charge in [-0.25, -0.2) is 4.79 Å². The normalized spacial score (nSPS) is 22.6. The maximum Gasteiger partial charge on any atom is 0.336 e. The lowest BCUT2D eigenvalue weighted by molar-refractivity contribution is -0.142. The molecule has 0 unspecified atom stereocenters. The second-order valence-electron chi connectivity index (χ2n) is 8.50. The highest BCUT2D eigenvalue weighted by atomic mass is 16.6. The number of benzene rings is 1. The summed E-state index contributed by atoms with van der Waals surface area (Å²) >= 11 is 0. The Hall–Kier alpha value is -3.13. The molecule has 0 bridgehead atoms. The zero-order valence-corrected chi connectivity index (χ0v) is 19.2. The number of Topliss-reactive ketones (excluding diaryl/α,β-unsaturated/α-hetero) is 1. The van der Waals surface area contributed by atoms with Crippen molar-refractivity contribution >= 4 is 17.7 Å². The summed E-state index contributed by atoms with van der Waals surface area (Å²) in [6.45, 7) is 3.99. The van der Waals surface area contributed by atoms with Crippen molar-refractivity contribution in [3.63, 3.8) is 0 Å². The van der Waals surface area contributed by atoms with Crippen molar-refractivity contribution in [1.82, 2.24) is 5.32 Å². The fraction of sp³-hybridized carbons (Fsp3) is 0.480. The SMILES string of the molecule is COc1cc([C@H]2C(C(=O)OC[C@@H]3CCCO3)=C(C)NC3=C2C(=O)CCC3)ccc1OC(C)=O. The number of methoxy groups -OCH3 is 1. The average molecular weight is 456 g/mol. The average Bonchev–Trinajstić information content (AvgIpc) is 3.30. The number of nitrogens with one attached hydrogen (secondary N) is 1. The van der Waals surface area contributed by atoms with Gasteiger partial charge < -0.3 is 24.3 Å². The number of hydrogen-bond donors (Lipinski definition) is 1. The molecule has 2 atom stereocenters. The minimum absolute atomic E-state index is 0.00806. The second kappa shape index (κ2) is 9.79. The zero-order valence-electron chi connectivity index (χ0n) is 19.2.